The molecule has 96 valence electrons. The first kappa shape index (κ1) is 12.8. The van der Waals surface area contributed by atoms with Crippen molar-refractivity contribution in [2.75, 3.05) is 0 Å². The van der Waals surface area contributed by atoms with Gasteiger partial charge < -0.3 is 5.73 Å². The van der Waals surface area contributed by atoms with Gasteiger partial charge in [-0.2, -0.15) is 0 Å². The maximum Gasteiger partial charge on any atom is 0.0994 e. The molecule has 1 atom stereocenters. The highest BCUT2D eigenvalue weighted by Crippen LogP contribution is 2.11. The molecule has 0 spiro atoms. The highest BCUT2D eigenvalue weighted by atomic mass is 15.4. The Morgan fingerprint density at radius 2 is 1.83 bits per heavy atom. The smallest absolute Gasteiger partial charge is 0.0994 e. The zero-order valence-electron chi connectivity index (χ0n) is 11.0. The van der Waals surface area contributed by atoms with Crippen molar-refractivity contribution < 1.29 is 0 Å². The van der Waals surface area contributed by atoms with E-state index in [0.717, 1.165) is 25.1 Å². The van der Waals surface area contributed by atoms with E-state index in [-0.39, 0.29) is 6.04 Å². The molecule has 1 unspecified atom stereocenters. The third-order valence-electron chi connectivity index (χ3n) is 3.15. The molecule has 1 aromatic heterocycles. The number of benzene rings is 1. The van der Waals surface area contributed by atoms with Gasteiger partial charge in [-0.3, -0.25) is 0 Å². The summed E-state index contributed by atoms with van der Waals surface area (Å²) in [5, 5.41) is 8.21. The second-order valence-corrected chi connectivity index (χ2v) is 4.53. The van der Waals surface area contributed by atoms with Crippen LogP contribution in [0.4, 0.5) is 0 Å². The van der Waals surface area contributed by atoms with Crippen molar-refractivity contribution in [2.24, 2.45) is 5.73 Å². The molecule has 1 aromatic carbocycles. The first-order chi connectivity index (χ1) is 8.72. The Hall–Kier alpha value is -1.68. The highest BCUT2D eigenvalue weighted by Gasteiger charge is 2.08. The molecule has 0 aliphatic rings. The van der Waals surface area contributed by atoms with E-state index in [1.54, 1.807) is 0 Å². The predicted octanol–water partition coefficient (Wildman–Crippen LogP) is 2.30. The lowest BCUT2D eigenvalue weighted by atomic mass is 10.1. The summed E-state index contributed by atoms with van der Waals surface area (Å²) in [5.41, 5.74) is 9.37. The Kier molecular flexibility index (Phi) is 4.10. The molecule has 0 aliphatic heterocycles. The number of hydrogen-bond donors (Lipinski definition) is 1. The lowest BCUT2D eigenvalue weighted by Crippen LogP contribution is -2.08. The largest absolute Gasteiger partial charge is 0.323 e. The molecule has 0 aliphatic carbocycles. The fraction of sp³-hybridized carbons (Fsp3) is 0.429. The number of nitrogens with two attached hydrogens (primary N) is 1. The van der Waals surface area contributed by atoms with Crippen LogP contribution in [0.2, 0.25) is 0 Å². The SMILES string of the molecule is CCc1ccc(Cn2cc(C(N)CC)nn2)cc1. The second-order valence-electron chi connectivity index (χ2n) is 4.53. The van der Waals surface area contributed by atoms with Crippen LogP contribution in [0.15, 0.2) is 30.5 Å². The van der Waals surface area contributed by atoms with Gasteiger partial charge in [0.25, 0.3) is 0 Å². The average molecular weight is 244 g/mol. The normalized spacial score (nSPS) is 12.6. The fourth-order valence-corrected chi connectivity index (χ4v) is 1.84. The van der Waals surface area contributed by atoms with E-state index in [4.69, 9.17) is 5.73 Å². The zero-order chi connectivity index (χ0) is 13.0. The van der Waals surface area contributed by atoms with Crippen molar-refractivity contribution in [3.63, 3.8) is 0 Å². The number of rotatable bonds is 5. The monoisotopic (exact) mass is 244 g/mol. The minimum absolute atomic E-state index is 0.0128. The molecule has 0 saturated heterocycles. The van der Waals surface area contributed by atoms with Crippen molar-refractivity contribution in [3.05, 3.63) is 47.3 Å². The van der Waals surface area contributed by atoms with E-state index in [2.05, 4.69) is 41.5 Å². The number of nitrogens with zero attached hydrogens (tertiary/aromatic N) is 3. The molecule has 4 nitrogen and oxygen atoms in total. The van der Waals surface area contributed by atoms with Crippen LogP contribution in [0.25, 0.3) is 0 Å². The Labute approximate surface area is 108 Å². The quantitative estimate of drug-likeness (QED) is 0.878. The van der Waals surface area contributed by atoms with Gasteiger partial charge in [0.2, 0.25) is 0 Å². The summed E-state index contributed by atoms with van der Waals surface area (Å²) < 4.78 is 1.84. The van der Waals surface area contributed by atoms with Crippen molar-refractivity contribution in [3.8, 4) is 0 Å². The van der Waals surface area contributed by atoms with Gasteiger partial charge in [0.15, 0.2) is 0 Å². The van der Waals surface area contributed by atoms with Crippen molar-refractivity contribution in [1.29, 1.82) is 0 Å². The molecular formula is C14H20N4. The van der Waals surface area contributed by atoms with Crippen LogP contribution in [0, 0.1) is 0 Å². The Morgan fingerprint density at radius 3 is 2.44 bits per heavy atom. The van der Waals surface area contributed by atoms with Gasteiger partial charge in [-0.05, 0) is 24.0 Å². The van der Waals surface area contributed by atoms with Gasteiger partial charge in [-0.1, -0.05) is 43.3 Å². The van der Waals surface area contributed by atoms with E-state index in [1.807, 2.05) is 17.8 Å². The Balaban J connectivity index is 2.06. The average Bonchev–Trinajstić information content (AvgIpc) is 2.87. The van der Waals surface area contributed by atoms with Gasteiger partial charge in [0, 0.05) is 0 Å². The topological polar surface area (TPSA) is 56.7 Å². The molecule has 0 radical (unpaired) electrons. The van der Waals surface area contributed by atoms with Crippen molar-refractivity contribution in [2.45, 2.75) is 39.3 Å². The molecule has 1 heterocycles. The van der Waals surface area contributed by atoms with Crippen molar-refractivity contribution in [1.82, 2.24) is 15.0 Å². The molecule has 2 aromatic rings. The maximum absolute atomic E-state index is 5.92. The summed E-state index contributed by atoms with van der Waals surface area (Å²) in [4.78, 5) is 0. The van der Waals surface area contributed by atoms with Gasteiger partial charge in [0.05, 0.1) is 24.5 Å². The van der Waals surface area contributed by atoms with E-state index in [1.165, 1.54) is 11.1 Å². The fourth-order valence-electron chi connectivity index (χ4n) is 1.84. The lowest BCUT2D eigenvalue weighted by molar-refractivity contribution is 0.644. The summed E-state index contributed by atoms with van der Waals surface area (Å²) in [6.07, 6.45) is 3.88. The molecule has 0 amide bonds. The predicted molar refractivity (Wildman–Crippen MR) is 72.2 cm³/mol. The van der Waals surface area contributed by atoms with Crippen LogP contribution >= 0.6 is 0 Å². The van der Waals surface area contributed by atoms with Crippen LogP contribution in [-0.4, -0.2) is 15.0 Å². The third-order valence-corrected chi connectivity index (χ3v) is 3.15. The summed E-state index contributed by atoms with van der Waals surface area (Å²) in [6.45, 7) is 4.95. The van der Waals surface area contributed by atoms with Crippen LogP contribution in [0.5, 0.6) is 0 Å². The summed E-state index contributed by atoms with van der Waals surface area (Å²) in [6, 6.07) is 8.58. The van der Waals surface area contributed by atoms with E-state index in [9.17, 15) is 0 Å². The zero-order valence-corrected chi connectivity index (χ0v) is 11.0. The van der Waals surface area contributed by atoms with Crippen molar-refractivity contribution >= 4 is 0 Å². The number of aryl methyl sites for hydroxylation is 1. The van der Waals surface area contributed by atoms with Gasteiger partial charge in [-0.15, -0.1) is 5.10 Å². The van der Waals surface area contributed by atoms with Crippen LogP contribution in [0.1, 0.15) is 43.1 Å². The number of aromatic nitrogens is 3. The minimum atomic E-state index is -0.0128. The lowest BCUT2D eigenvalue weighted by Gasteiger charge is -2.03. The molecule has 0 saturated carbocycles. The van der Waals surface area contributed by atoms with E-state index < -0.39 is 0 Å². The third kappa shape index (κ3) is 2.96. The molecule has 2 N–H and O–H groups in total. The second kappa shape index (κ2) is 5.78. The van der Waals surface area contributed by atoms with Crippen LogP contribution in [0.3, 0.4) is 0 Å². The summed E-state index contributed by atoms with van der Waals surface area (Å²) >= 11 is 0. The summed E-state index contributed by atoms with van der Waals surface area (Å²) in [7, 11) is 0. The Morgan fingerprint density at radius 1 is 1.17 bits per heavy atom. The molecule has 0 fully saturated rings. The maximum atomic E-state index is 5.92. The first-order valence-corrected chi connectivity index (χ1v) is 6.46. The van der Waals surface area contributed by atoms with Gasteiger partial charge in [-0.25, -0.2) is 4.68 Å². The van der Waals surface area contributed by atoms with Gasteiger partial charge >= 0.3 is 0 Å². The highest BCUT2D eigenvalue weighted by molar-refractivity contribution is 5.22. The molecule has 0 bridgehead atoms. The first-order valence-electron chi connectivity index (χ1n) is 6.46. The van der Waals surface area contributed by atoms with E-state index >= 15 is 0 Å². The Bertz CT molecular complexity index is 487. The van der Waals surface area contributed by atoms with Crippen LogP contribution in [-0.2, 0) is 13.0 Å². The molecule has 2 rings (SSSR count). The summed E-state index contributed by atoms with van der Waals surface area (Å²) in [5.74, 6) is 0. The molecule has 18 heavy (non-hydrogen) atoms. The standard InChI is InChI=1S/C14H20N4/c1-3-11-5-7-12(8-6-11)9-18-10-14(16-17-18)13(15)4-2/h5-8,10,13H,3-4,9,15H2,1-2H3. The van der Waals surface area contributed by atoms with Gasteiger partial charge in [0.1, 0.15) is 0 Å². The van der Waals surface area contributed by atoms with Crippen LogP contribution < -0.4 is 5.73 Å². The molecular weight excluding hydrogens is 224 g/mol. The minimum Gasteiger partial charge on any atom is -0.323 e. The number of hydrogen-bond acceptors (Lipinski definition) is 3. The molecule has 4 heteroatoms. The van der Waals surface area contributed by atoms with E-state index in [0.29, 0.717) is 0 Å².